The van der Waals surface area contributed by atoms with E-state index < -0.39 is 0 Å². The average Bonchev–Trinajstić information content (AvgIpc) is 3.13. The van der Waals surface area contributed by atoms with Crippen LogP contribution in [0.2, 0.25) is 0 Å². The van der Waals surface area contributed by atoms with Gasteiger partial charge in [-0.25, -0.2) is 0 Å². The molecule has 2 aliphatic carbocycles. The van der Waals surface area contributed by atoms with Crippen molar-refractivity contribution in [2.24, 2.45) is 5.41 Å². The molecule has 3 aromatic carbocycles. The lowest BCUT2D eigenvalue weighted by Gasteiger charge is -2.43. The number of hydrogen-bond donors (Lipinski definition) is 1. The van der Waals surface area contributed by atoms with Gasteiger partial charge in [0.2, 0.25) is 0 Å². The van der Waals surface area contributed by atoms with Crippen LogP contribution >= 0.6 is 11.8 Å². The molecule has 1 spiro atoms. The lowest BCUT2D eigenvalue weighted by atomic mass is 9.61. The van der Waals surface area contributed by atoms with Crippen molar-refractivity contribution in [3.8, 4) is 22.6 Å². The van der Waals surface area contributed by atoms with Crippen molar-refractivity contribution >= 4 is 22.5 Å². The highest BCUT2D eigenvalue weighted by Crippen LogP contribution is 2.61. The van der Waals surface area contributed by atoms with Gasteiger partial charge in [-0.15, -0.1) is 0 Å². The van der Waals surface area contributed by atoms with Gasteiger partial charge in [-0.2, -0.15) is 0 Å². The summed E-state index contributed by atoms with van der Waals surface area (Å²) in [4.78, 5) is 0.843. The van der Waals surface area contributed by atoms with Crippen molar-refractivity contribution in [2.45, 2.75) is 68.6 Å². The lowest BCUT2D eigenvalue weighted by Crippen LogP contribution is -2.34. The molecule has 3 aliphatic rings. The van der Waals surface area contributed by atoms with Crippen LogP contribution in [0.15, 0.2) is 47.4 Å². The van der Waals surface area contributed by atoms with Gasteiger partial charge >= 0.3 is 0 Å². The maximum atomic E-state index is 11.1. The van der Waals surface area contributed by atoms with Gasteiger partial charge in [0.1, 0.15) is 11.5 Å². The van der Waals surface area contributed by atoms with Crippen LogP contribution in [0, 0.1) is 5.41 Å². The first-order chi connectivity index (χ1) is 14.2. The molecule has 0 bridgehead atoms. The zero-order chi connectivity index (χ0) is 20.9. The summed E-state index contributed by atoms with van der Waals surface area (Å²) in [5.74, 6) is 1.34. The molecule has 2 nitrogen and oxygen atoms in total. The summed E-state index contributed by atoms with van der Waals surface area (Å²) in [6.45, 7) is 8.97. The third kappa shape index (κ3) is 2.45. The smallest absolute Gasteiger partial charge is 0.153 e. The Labute approximate surface area is 182 Å². The highest BCUT2D eigenvalue weighted by atomic mass is 32.2. The fourth-order valence-corrected chi connectivity index (χ4v) is 6.98. The molecular formula is C27H28O2S. The Balaban J connectivity index is 1.65. The van der Waals surface area contributed by atoms with Crippen LogP contribution in [0.4, 0.5) is 0 Å². The number of hydrogen-bond acceptors (Lipinski definition) is 3. The molecule has 1 N–H and O–H groups in total. The molecule has 3 heteroatoms. The van der Waals surface area contributed by atoms with Gasteiger partial charge in [-0.1, -0.05) is 49.9 Å². The SMILES string of the molecule is CC1(C)CCC2(CC1)c1ccccc1-c1c2cc(O)c2cc3c(cc12)OC(C)(C)S3. The van der Waals surface area contributed by atoms with Gasteiger partial charge in [0, 0.05) is 10.8 Å². The van der Waals surface area contributed by atoms with Crippen LogP contribution in [0.3, 0.4) is 0 Å². The first-order valence-electron chi connectivity index (χ1n) is 11.0. The number of fused-ring (bicyclic) bond motifs is 8. The fourth-order valence-electron chi connectivity index (χ4n) is 5.94. The molecule has 0 aromatic heterocycles. The molecule has 1 heterocycles. The highest BCUT2D eigenvalue weighted by Gasteiger charge is 2.48. The quantitative estimate of drug-likeness (QED) is 0.408. The second-order valence-corrected chi connectivity index (χ2v) is 12.2. The number of phenolic OH excluding ortho intramolecular Hbond substituents is 1. The summed E-state index contributed by atoms with van der Waals surface area (Å²) < 4.78 is 6.24. The van der Waals surface area contributed by atoms with E-state index in [9.17, 15) is 5.11 Å². The van der Waals surface area contributed by atoms with E-state index in [-0.39, 0.29) is 10.3 Å². The minimum Gasteiger partial charge on any atom is -0.507 e. The molecule has 0 saturated heterocycles. The van der Waals surface area contributed by atoms with E-state index in [1.807, 2.05) is 0 Å². The molecule has 30 heavy (non-hydrogen) atoms. The Morgan fingerprint density at radius 2 is 1.60 bits per heavy atom. The molecule has 6 rings (SSSR count). The first kappa shape index (κ1) is 18.6. The highest BCUT2D eigenvalue weighted by molar-refractivity contribution is 8.00. The number of ether oxygens (including phenoxy) is 1. The third-order valence-corrected chi connectivity index (χ3v) is 8.69. The zero-order valence-electron chi connectivity index (χ0n) is 18.1. The summed E-state index contributed by atoms with van der Waals surface area (Å²) in [7, 11) is 0. The Morgan fingerprint density at radius 1 is 0.867 bits per heavy atom. The maximum Gasteiger partial charge on any atom is 0.153 e. The minimum absolute atomic E-state index is 0.0149. The van der Waals surface area contributed by atoms with Gasteiger partial charge in [0.25, 0.3) is 0 Å². The van der Waals surface area contributed by atoms with Crippen LogP contribution in [0.5, 0.6) is 11.5 Å². The molecule has 1 aliphatic heterocycles. The third-order valence-electron chi connectivity index (χ3n) is 7.58. The first-order valence-corrected chi connectivity index (χ1v) is 11.8. The van der Waals surface area contributed by atoms with E-state index in [0.29, 0.717) is 11.2 Å². The number of aromatic hydroxyl groups is 1. The largest absolute Gasteiger partial charge is 0.507 e. The predicted octanol–water partition coefficient (Wildman–Crippen LogP) is 7.63. The maximum absolute atomic E-state index is 11.1. The number of rotatable bonds is 0. The van der Waals surface area contributed by atoms with Crippen molar-refractivity contribution in [3.05, 3.63) is 53.6 Å². The average molecular weight is 417 g/mol. The lowest BCUT2D eigenvalue weighted by molar-refractivity contribution is 0.187. The van der Waals surface area contributed by atoms with Gasteiger partial charge in [0.05, 0.1) is 4.90 Å². The molecule has 1 fully saturated rings. The van der Waals surface area contributed by atoms with Crippen molar-refractivity contribution in [2.75, 3.05) is 0 Å². The Bertz CT molecular complexity index is 1210. The van der Waals surface area contributed by atoms with Gasteiger partial charge in [-0.3, -0.25) is 0 Å². The van der Waals surface area contributed by atoms with Crippen LogP contribution in [0.25, 0.3) is 21.9 Å². The summed E-state index contributed by atoms with van der Waals surface area (Å²) in [5.41, 5.74) is 5.80. The van der Waals surface area contributed by atoms with Crippen molar-refractivity contribution in [3.63, 3.8) is 0 Å². The van der Waals surface area contributed by atoms with E-state index in [2.05, 4.69) is 70.2 Å². The zero-order valence-corrected chi connectivity index (χ0v) is 19.0. The second-order valence-electron chi connectivity index (χ2n) is 10.6. The van der Waals surface area contributed by atoms with E-state index >= 15 is 0 Å². The van der Waals surface area contributed by atoms with Gasteiger partial charge in [0.15, 0.2) is 4.93 Å². The van der Waals surface area contributed by atoms with Crippen molar-refractivity contribution in [1.82, 2.24) is 0 Å². The van der Waals surface area contributed by atoms with Crippen molar-refractivity contribution in [1.29, 1.82) is 0 Å². The molecule has 3 aromatic rings. The van der Waals surface area contributed by atoms with Crippen LogP contribution in [-0.4, -0.2) is 10.0 Å². The summed E-state index contributed by atoms with van der Waals surface area (Å²) in [6, 6.07) is 15.3. The fraction of sp³-hybridized carbons (Fsp3) is 0.407. The predicted molar refractivity (Wildman–Crippen MR) is 125 cm³/mol. The number of phenols is 1. The summed E-state index contributed by atoms with van der Waals surface area (Å²) in [5, 5.41) is 13.2. The normalized spacial score (nSPS) is 21.9. The molecule has 0 atom stereocenters. The standard InChI is InChI=1S/C27H28O2S/c1-25(2)9-11-27(12-10-25)19-8-6-5-7-16(19)24-18-13-22-23(30-26(3,4)29-22)14-17(18)21(28)15-20(24)27/h5-8,13-15,28H,9-12H2,1-4H3. The number of thioether (sulfide) groups is 1. The monoisotopic (exact) mass is 416 g/mol. The van der Waals surface area contributed by atoms with Crippen molar-refractivity contribution < 1.29 is 9.84 Å². The van der Waals surface area contributed by atoms with E-state index in [1.165, 1.54) is 35.1 Å². The Kier molecular flexibility index (Phi) is 3.58. The minimum atomic E-state index is -0.271. The molecule has 154 valence electrons. The summed E-state index contributed by atoms with van der Waals surface area (Å²) in [6.07, 6.45) is 4.69. The van der Waals surface area contributed by atoms with Crippen LogP contribution in [0.1, 0.15) is 64.5 Å². The van der Waals surface area contributed by atoms with E-state index in [0.717, 1.165) is 34.3 Å². The molecule has 0 amide bonds. The number of benzene rings is 3. The molecule has 0 radical (unpaired) electrons. The Hall–Kier alpha value is -2.13. The van der Waals surface area contributed by atoms with E-state index in [1.54, 1.807) is 11.8 Å². The molecule has 0 unspecified atom stereocenters. The van der Waals surface area contributed by atoms with E-state index in [4.69, 9.17) is 4.74 Å². The van der Waals surface area contributed by atoms with Crippen LogP contribution < -0.4 is 4.74 Å². The molecular weight excluding hydrogens is 388 g/mol. The molecule has 1 saturated carbocycles. The topological polar surface area (TPSA) is 29.5 Å². The van der Waals surface area contributed by atoms with Crippen LogP contribution in [-0.2, 0) is 5.41 Å². The summed E-state index contributed by atoms with van der Waals surface area (Å²) >= 11 is 1.72. The van der Waals surface area contributed by atoms with Gasteiger partial charge < -0.3 is 9.84 Å². The second kappa shape index (κ2) is 5.76. The van der Waals surface area contributed by atoms with Gasteiger partial charge in [-0.05, 0) is 90.8 Å². The Morgan fingerprint density at radius 3 is 2.37 bits per heavy atom.